The minimum Gasteiger partial charge on any atom is -0.310 e. The molecule has 106 valence electrons. The summed E-state index contributed by atoms with van der Waals surface area (Å²) in [5.74, 6) is 1.86. The summed E-state index contributed by atoms with van der Waals surface area (Å²) in [6.45, 7) is 4.71. The third-order valence-electron chi connectivity index (χ3n) is 4.68. The highest BCUT2D eigenvalue weighted by Gasteiger charge is 2.34. The van der Waals surface area contributed by atoms with Gasteiger partial charge >= 0.3 is 0 Å². The second kappa shape index (κ2) is 7.19. The lowest BCUT2D eigenvalue weighted by atomic mass is 9.92. The molecule has 3 atom stereocenters. The van der Waals surface area contributed by atoms with Crippen LogP contribution in [0.5, 0.6) is 0 Å². The van der Waals surface area contributed by atoms with Crippen LogP contribution in [0.2, 0.25) is 0 Å². The highest BCUT2D eigenvalue weighted by molar-refractivity contribution is 7.99. The van der Waals surface area contributed by atoms with Crippen LogP contribution in [0.15, 0.2) is 0 Å². The van der Waals surface area contributed by atoms with Gasteiger partial charge in [-0.2, -0.15) is 11.8 Å². The van der Waals surface area contributed by atoms with E-state index in [0.29, 0.717) is 0 Å². The minimum absolute atomic E-state index is 0.798. The number of nitrogens with one attached hydrogen (secondary N) is 1. The normalized spacial score (nSPS) is 30.7. The molecule has 0 spiro atoms. The van der Waals surface area contributed by atoms with E-state index in [-0.39, 0.29) is 0 Å². The van der Waals surface area contributed by atoms with E-state index in [1.165, 1.54) is 51.4 Å². The molecule has 0 saturated heterocycles. The van der Waals surface area contributed by atoms with Crippen LogP contribution in [0.3, 0.4) is 0 Å². The molecule has 1 N–H and O–H groups in total. The van der Waals surface area contributed by atoms with Gasteiger partial charge in [0.05, 0.1) is 0 Å². The zero-order chi connectivity index (χ0) is 13.0. The van der Waals surface area contributed by atoms with E-state index >= 15 is 0 Å². The van der Waals surface area contributed by atoms with Gasteiger partial charge in [0.2, 0.25) is 0 Å². The first-order chi connectivity index (χ1) is 8.70. The average molecular weight is 269 g/mol. The molecule has 2 saturated carbocycles. The van der Waals surface area contributed by atoms with E-state index in [2.05, 4.69) is 37.2 Å². The molecule has 18 heavy (non-hydrogen) atoms. The van der Waals surface area contributed by atoms with Crippen LogP contribution in [-0.4, -0.2) is 23.6 Å². The molecule has 2 aliphatic carbocycles. The van der Waals surface area contributed by atoms with Gasteiger partial charge in [0, 0.05) is 17.3 Å². The lowest BCUT2D eigenvalue weighted by Gasteiger charge is -2.34. The molecule has 0 bridgehead atoms. The third-order valence-corrected chi connectivity index (χ3v) is 5.85. The van der Waals surface area contributed by atoms with Crippen LogP contribution >= 0.6 is 11.8 Å². The predicted molar refractivity (Wildman–Crippen MR) is 83.3 cm³/mol. The maximum atomic E-state index is 4.05. The summed E-state index contributed by atoms with van der Waals surface area (Å²) in [4.78, 5) is 0. The zero-order valence-electron chi connectivity index (χ0n) is 12.5. The summed E-state index contributed by atoms with van der Waals surface area (Å²) in [7, 11) is 0. The molecule has 1 nitrogen and oxygen atoms in total. The fourth-order valence-corrected chi connectivity index (χ4v) is 4.26. The molecule has 0 radical (unpaired) electrons. The van der Waals surface area contributed by atoms with E-state index in [4.69, 9.17) is 0 Å². The minimum atomic E-state index is 0.798. The highest BCUT2D eigenvalue weighted by Crippen LogP contribution is 2.37. The Kier molecular flexibility index (Phi) is 5.88. The van der Waals surface area contributed by atoms with E-state index in [9.17, 15) is 0 Å². The summed E-state index contributed by atoms with van der Waals surface area (Å²) in [5.41, 5.74) is 0. The molecule has 0 heterocycles. The second-order valence-corrected chi connectivity index (χ2v) is 7.82. The fraction of sp³-hybridized carbons (Fsp3) is 1.00. The molecule has 0 aromatic heterocycles. The van der Waals surface area contributed by atoms with Crippen LogP contribution in [0, 0.1) is 11.8 Å². The first-order valence-electron chi connectivity index (χ1n) is 7.99. The maximum Gasteiger partial charge on any atom is 0.0198 e. The van der Waals surface area contributed by atoms with Gasteiger partial charge in [-0.05, 0) is 56.6 Å². The summed E-state index contributed by atoms with van der Waals surface area (Å²) in [5, 5.41) is 4.93. The molecule has 0 aromatic carbocycles. The Balaban J connectivity index is 1.82. The molecule has 2 heteroatoms. The molecule has 3 unspecified atom stereocenters. The van der Waals surface area contributed by atoms with Crippen LogP contribution in [0.1, 0.15) is 65.2 Å². The van der Waals surface area contributed by atoms with Crippen molar-refractivity contribution in [3.8, 4) is 0 Å². The van der Waals surface area contributed by atoms with Gasteiger partial charge in [-0.25, -0.2) is 0 Å². The van der Waals surface area contributed by atoms with Crippen molar-refractivity contribution in [1.29, 1.82) is 0 Å². The Morgan fingerprint density at radius 2 is 1.78 bits per heavy atom. The Hall–Kier alpha value is 0.310. The van der Waals surface area contributed by atoms with Crippen molar-refractivity contribution in [2.45, 2.75) is 82.5 Å². The van der Waals surface area contributed by atoms with E-state index < -0.39 is 0 Å². The fourth-order valence-electron chi connectivity index (χ4n) is 3.31. The summed E-state index contributed by atoms with van der Waals surface area (Å²) < 4.78 is 0. The van der Waals surface area contributed by atoms with E-state index in [1.54, 1.807) is 0 Å². The molecule has 2 rings (SSSR count). The van der Waals surface area contributed by atoms with Gasteiger partial charge < -0.3 is 5.32 Å². The molecule has 2 fully saturated rings. The van der Waals surface area contributed by atoms with Crippen LogP contribution in [0.25, 0.3) is 0 Å². The topological polar surface area (TPSA) is 12.0 Å². The van der Waals surface area contributed by atoms with Crippen LogP contribution < -0.4 is 5.32 Å². The average Bonchev–Trinajstić information content (AvgIpc) is 3.19. The lowest BCUT2D eigenvalue weighted by molar-refractivity contribution is 0.306. The Bertz CT molecular complexity index is 237. The molecular weight excluding hydrogens is 238 g/mol. The SMILES string of the molecule is CSC1CCCCC1NC(CCC(C)C)C1CC1. The summed E-state index contributed by atoms with van der Waals surface area (Å²) in [6, 6.07) is 1.62. The van der Waals surface area contributed by atoms with Crippen molar-refractivity contribution in [2.75, 3.05) is 6.26 Å². The van der Waals surface area contributed by atoms with Crippen molar-refractivity contribution < 1.29 is 0 Å². The Morgan fingerprint density at radius 3 is 2.39 bits per heavy atom. The monoisotopic (exact) mass is 269 g/mol. The summed E-state index contributed by atoms with van der Waals surface area (Å²) >= 11 is 2.09. The second-order valence-electron chi connectivity index (χ2n) is 6.75. The van der Waals surface area contributed by atoms with Crippen LogP contribution in [0.4, 0.5) is 0 Å². The van der Waals surface area contributed by atoms with Crippen molar-refractivity contribution in [2.24, 2.45) is 11.8 Å². The quantitative estimate of drug-likeness (QED) is 0.732. The Labute approximate surface area is 118 Å². The Morgan fingerprint density at radius 1 is 1.06 bits per heavy atom. The highest BCUT2D eigenvalue weighted by atomic mass is 32.2. The third kappa shape index (κ3) is 4.45. The van der Waals surface area contributed by atoms with E-state index in [1.807, 2.05) is 0 Å². The molecular formula is C16H31NS. The smallest absolute Gasteiger partial charge is 0.0198 e. The first kappa shape index (κ1) is 14.7. The van der Waals surface area contributed by atoms with Gasteiger partial charge in [0.15, 0.2) is 0 Å². The standard InChI is InChI=1S/C16H31NS/c1-12(2)8-11-14(13-9-10-13)17-15-6-4-5-7-16(15)18-3/h12-17H,4-11H2,1-3H3. The van der Waals surface area contributed by atoms with Gasteiger partial charge in [-0.1, -0.05) is 26.7 Å². The summed E-state index contributed by atoms with van der Waals surface area (Å²) in [6.07, 6.45) is 13.8. The first-order valence-corrected chi connectivity index (χ1v) is 9.28. The largest absolute Gasteiger partial charge is 0.310 e. The zero-order valence-corrected chi connectivity index (χ0v) is 13.3. The van der Waals surface area contributed by atoms with Crippen molar-refractivity contribution in [3.05, 3.63) is 0 Å². The number of hydrogen-bond acceptors (Lipinski definition) is 2. The van der Waals surface area contributed by atoms with E-state index in [0.717, 1.165) is 29.2 Å². The lowest BCUT2D eigenvalue weighted by Crippen LogP contribution is -2.46. The van der Waals surface area contributed by atoms with Gasteiger partial charge in [-0.15, -0.1) is 0 Å². The van der Waals surface area contributed by atoms with Gasteiger partial charge in [-0.3, -0.25) is 0 Å². The van der Waals surface area contributed by atoms with Crippen molar-refractivity contribution in [1.82, 2.24) is 5.32 Å². The molecule has 2 aliphatic rings. The number of hydrogen-bond donors (Lipinski definition) is 1. The number of thioether (sulfide) groups is 1. The predicted octanol–water partition coefficient (Wildman–Crippen LogP) is 4.47. The molecule has 0 aliphatic heterocycles. The van der Waals surface area contributed by atoms with Crippen molar-refractivity contribution >= 4 is 11.8 Å². The van der Waals surface area contributed by atoms with Gasteiger partial charge in [0.25, 0.3) is 0 Å². The van der Waals surface area contributed by atoms with Gasteiger partial charge in [0.1, 0.15) is 0 Å². The van der Waals surface area contributed by atoms with Crippen LogP contribution in [-0.2, 0) is 0 Å². The molecule has 0 aromatic rings. The molecule has 0 amide bonds. The number of rotatable bonds is 7. The van der Waals surface area contributed by atoms with Crippen molar-refractivity contribution in [3.63, 3.8) is 0 Å². The maximum absolute atomic E-state index is 4.05.